The molecule has 128 valence electrons. The predicted molar refractivity (Wildman–Crippen MR) is 96.0 cm³/mol. The molecule has 1 saturated heterocycles. The minimum Gasteiger partial charge on any atom is -0.317 e. The van der Waals surface area contributed by atoms with Gasteiger partial charge < -0.3 is 5.32 Å². The van der Waals surface area contributed by atoms with Crippen molar-refractivity contribution in [1.82, 2.24) is 25.3 Å². The van der Waals surface area contributed by atoms with Gasteiger partial charge in [-0.1, -0.05) is 17.3 Å². The average Bonchev–Trinajstić information content (AvgIpc) is 3.08. The fourth-order valence-corrected chi connectivity index (χ4v) is 3.46. The summed E-state index contributed by atoms with van der Waals surface area (Å²) in [6.45, 7) is 1.87. The normalized spacial score (nSPS) is 15.6. The van der Waals surface area contributed by atoms with Gasteiger partial charge in [0.25, 0.3) is 0 Å². The Hall–Kier alpha value is -2.60. The Morgan fingerprint density at radius 3 is 2.80 bits per heavy atom. The highest BCUT2D eigenvalue weighted by Crippen LogP contribution is 2.24. The Morgan fingerprint density at radius 1 is 1.20 bits per heavy atom. The number of aromatic nitrogens is 4. The number of hydrogen-bond donors (Lipinski definition) is 1. The second-order valence-electron chi connectivity index (χ2n) is 6.65. The van der Waals surface area contributed by atoms with Gasteiger partial charge in [0, 0.05) is 42.2 Å². The van der Waals surface area contributed by atoms with Crippen LogP contribution in [0.15, 0.2) is 36.7 Å². The molecule has 0 spiro atoms. The molecule has 1 aliphatic rings. The smallest absolute Gasteiger partial charge is 0.142 e. The topological polar surface area (TPSA) is 72.7 Å². The minimum absolute atomic E-state index is 0.172. The van der Waals surface area contributed by atoms with Crippen LogP contribution in [0.25, 0.3) is 22.0 Å². The summed E-state index contributed by atoms with van der Waals surface area (Å²) in [5.41, 5.74) is 2.86. The Morgan fingerprint density at radius 2 is 2.04 bits per heavy atom. The van der Waals surface area contributed by atoms with Gasteiger partial charge >= 0.3 is 0 Å². The zero-order valence-electron chi connectivity index (χ0n) is 14.3. The Kier molecular flexibility index (Phi) is 4.28. The molecular formula is C19H21N5O. The number of aryl methyl sites for hydroxylation is 1. The number of fused-ring (bicyclic) bond motifs is 1. The summed E-state index contributed by atoms with van der Waals surface area (Å²) >= 11 is 0. The van der Waals surface area contributed by atoms with Crippen LogP contribution in [-0.4, -0.2) is 38.9 Å². The van der Waals surface area contributed by atoms with E-state index in [9.17, 15) is 4.79 Å². The minimum atomic E-state index is 0.172. The molecule has 0 atom stereocenters. The standard InChI is InChI=1S/C19H21N5O/c1-24-18(12-22-23-24)14-2-3-15-11-21-17(9-16(15)8-14)10-19(25)13-4-6-20-7-5-13/h2-3,8-9,11-13,20H,4-7,10H2,1H3. The summed E-state index contributed by atoms with van der Waals surface area (Å²) in [4.78, 5) is 17.0. The van der Waals surface area contributed by atoms with Gasteiger partial charge in [0.1, 0.15) is 5.78 Å². The van der Waals surface area contributed by atoms with E-state index in [2.05, 4.69) is 26.7 Å². The van der Waals surface area contributed by atoms with E-state index in [0.717, 1.165) is 53.7 Å². The highest BCUT2D eigenvalue weighted by molar-refractivity contribution is 5.88. The summed E-state index contributed by atoms with van der Waals surface area (Å²) in [6, 6.07) is 8.22. The van der Waals surface area contributed by atoms with Gasteiger partial charge in [0.15, 0.2) is 0 Å². The van der Waals surface area contributed by atoms with Gasteiger partial charge in [-0.3, -0.25) is 9.78 Å². The zero-order chi connectivity index (χ0) is 17.2. The number of carbonyl (C=O) groups is 1. The first kappa shape index (κ1) is 15.9. The van der Waals surface area contributed by atoms with Gasteiger partial charge in [0.2, 0.25) is 0 Å². The predicted octanol–water partition coefficient (Wildman–Crippen LogP) is 2.14. The van der Waals surface area contributed by atoms with Crippen molar-refractivity contribution in [3.05, 3.63) is 42.4 Å². The summed E-state index contributed by atoms with van der Waals surface area (Å²) in [5.74, 6) is 0.478. The van der Waals surface area contributed by atoms with E-state index in [1.165, 1.54) is 0 Å². The van der Waals surface area contributed by atoms with E-state index >= 15 is 0 Å². The van der Waals surface area contributed by atoms with Gasteiger partial charge in [-0.15, -0.1) is 5.10 Å². The van der Waals surface area contributed by atoms with E-state index in [1.807, 2.05) is 31.4 Å². The van der Waals surface area contributed by atoms with Crippen LogP contribution in [0.3, 0.4) is 0 Å². The molecule has 0 bridgehead atoms. The van der Waals surface area contributed by atoms with Crippen LogP contribution in [0.4, 0.5) is 0 Å². The molecule has 6 heteroatoms. The molecule has 0 unspecified atom stereocenters. The van der Waals surface area contributed by atoms with E-state index in [1.54, 1.807) is 10.9 Å². The van der Waals surface area contributed by atoms with Crippen molar-refractivity contribution in [3.8, 4) is 11.3 Å². The van der Waals surface area contributed by atoms with Gasteiger partial charge in [-0.05, 0) is 43.5 Å². The lowest BCUT2D eigenvalue weighted by atomic mass is 9.91. The van der Waals surface area contributed by atoms with Gasteiger partial charge in [-0.25, -0.2) is 4.68 Å². The maximum absolute atomic E-state index is 12.5. The molecule has 25 heavy (non-hydrogen) atoms. The fraction of sp³-hybridized carbons (Fsp3) is 0.368. The molecule has 1 aliphatic heterocycles. The number of carbonyl (C=O) groups excluding carboxylic acids is 1. The molecule has 0 amide bonds. The Labute approximate surface area is 146 Å². The number of pyridine rings is 1. The number of rotatable bonds is 4. The maximum Gasteiger partial charge on any atom is 0.142 e. The summed E-state index contributed by atoms with van der Waals surface area (Å²) in [7, 11) is 1.88. The van der Waals surface area contributed by atoms with Gasteiger partial charge in [0.05, 0.1) is 11.9 Å². The highest BCUT2D eigenvalue weighted by atomic mass is 16.1. The third-order valence-corrected chi connectivity index (χ3v) is 4.94. The van der Waals surface area contributed by atoms with Crippen molar-refractivity contribution in [3.63, 3.8) is 0 Å². The molecule has 3 heterocycles. The second-order valence-corrected chi connectivity index (χ2v) is 6.65. The molecular weight excluding hydrogens is 314 g/mol. The van der Waals surface area contributed by atoms with E-state index < -0.39 is 0 Å². The van der Waals surface area contributed by atoms with E-state index in [4.69, 9.17) is 0 Å². The van der Waals surface area contributed by atoms with E-state index in [0.29, 0.717) is 12.2 Å². The quantitative estimate of drug-likeness (QED) is 0.791. The number of nitrogens with zero attached hydrogens (tertiary/aromatic N) is 4. The largest absolute Gasteiger partial charge is 0.317 e. The first-order chi connectivity index (χ1) is 12.2. The molecule has 1 N–H and O–H groups in total. The lowest BCUT2D eigenvalue weighted by Crippen LogP contribution is -2.32. The number of hydrogen-bond acceptors (Lipinski definition) is 5. The van der Waals surface area contributed by atoms with Crippen molar-refractivity contribution in [2.24, 2.45) is 13.0 Å². The zero-order valence-corrected chi connectivity index (χ0v) is 14.3. The fourth-order valence-electron chi connectivity index (χ4n) is 3.46. The Balaban J connectivity index is 1.60. The van der Waals surface area contributed by atoms with Crippen molar-refractivity contribution in [2.75, 3.05) is 13.1 Å². The number of Topliss-reactive ketones (excluding diaryl/α,β-unsaturated/α-hetero) is 1. The molecule has 2 aromatic heterocycles. The van der Waals surface area contributed by atoms with Crippen LogP contribution in [0.5, 0.6) is 0 Å². The first-order valence-corrected chi connectivity index (χ1v) is 8.68. The number of piperidine rings is 1. The molecule has 0 aliphatic carbocycles. The van der Waals surface area contributed by atoms with Crippen LogP contribution < -0.4 is 5.32 Å². The van der Waals surface area contributed by atoms with Crippen LogP contribution in [0.1, 0.15) is 18.5 Å². The van der Waals surface area contributed by atoms with Gasteiger partial charge in [-0.2, -0.15) is 0 Å². The van der Waals surface area contributed by atoms with Crippen LogP contribution >= 0.6 is 0 Å². The van der Waals surface area contributed by atoms with Crippen molar-refractivity contribution in [1.29, 1.82) is 0 Å². The summed E-state index contributed by atoms with van der Waals surface area (Å²) < 4.78 is 1.75. The lowest BCUT2D eigenvalue weighted by molar-refractivity contribution is -0.123. The van der Waals surface area contributed by atoms with Crippen molar-refractivity contribution >= 4 is 16.6 Å². The van der Waals surface area contributed by atoms with Crippen LogP contribution in [0, 0.1) is 5.92 Å². The SMILES string of the molecule is Cn1nncc1-c1ccc2cnc(CC(=O)C3CCNCC3)cc2c1. The van der Waals surface area contributed by atoms with Crippen molar-refractivity contribution < 1.29 is 4.79 Å². The first-order valence-electron chi connectivity index (χ1n) is 8.68. The third kappa shape index (κ3) is 3.30. The molecule has 0 saturated carbocycles. The highest BCUT2D eigenvalue weighted by Gasteiger charge is 2.21. The monoisotopic (exact) mass is 335 g/mol. The molecule has 1 aromatic carbocycles. The molecule has 4 rings (SSSR count). The summed E-state index contributed by atoms with van der Waals surface area (Å²) in [6.07, 6.45) is 5.89. The number of ketones is 1. The van der Waals surface area contributed by atoms with Crippen molar-refractivity contribution in [2.45, 2.75) is 19.3 Å². The second kappa shape index (κ2) is 6.72. The molecule has 3 aromatic rings. The maximum atomic E-state index is 12.5. The lowest BCUT2D eigenvalue weighted by Gasteiger charge is -2.21. The number of nitrogens with one attached hydrogen (secondary N) is 1. The van der Waals surface area contributed by atoms with E-state index in [-0.39, 0.29) is 5.92 Å². The summed E-state index contributed by atoms with van der Waals surface area (Å²) in [5, 5.41) is 13.4. The molecule has 0 radical (unpaired) electrons. The Bertz CT molecular complexity index is 911. The third-order valence-electron chi connectivity index (χ3n) is 4.94. The van der Waals surface area contributed by atoms with Crippen LogP contribution in [-0.2, 0) is 18.3 Å². The average molecular weight is 335 g/mol. The molecule has 1 fully saturated rings. The van der Waals surface area contributed by atoms with Crippen LogP contribution in [0.2, 0.25) is 0 Å². The molecule has 6 nitrogen and oxygen atoms in total. The number of benzene rings is 1.